The molecule has 2 aromatic carbocycles. The Morgan fingerprint density at radius 2 is 1.81 bits per heavy atom. The van der Waals surface area contributed by atoms with Crippen LogP contribution < -0.4 is 10.6 Å². The van der Waals surface area contributed by atoms with Crippen LogP contribution in [0.3, 0.4) is 0 Å². The average molecular weight is 670 g/mol. The van der Waals surface area contributed by atoms with Crippen LogP contribution in [0.4, 0.5) is 36.3 Å². The van der Waals surface area contributed by atoms with E-state index in [9.17, 15) is 27.6 Å². The van der Waals surface area contributed by atoms with E-state index in [0.29, 0.717) is 36.9 Å². The first-order valence-corrected chi connectivity index (χ1v) is 16.9. The minimum absolute atomic E-state index is 0.0875. The van der Waals surface area contributed by atoms with Crippen molar-refractivity contribution < 1.29 is 32.2 Å². The Hall–Kier alpha value is -4.26. The minimum Gasteiger partial charge on any atom is -0.393 e. The lowest BCUT2D eigenvalue weighted by molar-refractivity contribution is -0.137. The van der Waals surface area contributed by atoms with Gasteiger partial charge in [-0.2, -0.15) is 23.3 Å². The minimum atomic E-state index is -4.77. The van der Waals surface area contributed by atoms with Crippen LogP contribution in [0.15, 0.2) is 55.0 Å². The number of carbonyl (C=O) groups is 1. The Bertz CT molecular complexity index is 1790. The number of anilines is 4. The van der Waals surface area contributed by atoms with Gasteiger partial charge in [0.05, 0.1) is 36.2 Å². The quantitative estimate of drug-likeness (QED) is 0.154. The number of alkyl halides is 3. The number of carbonyl (C=O) groups excluding carboxylic acids is 1. The fourth-order valence-corrected chi connectivity index (χ4v) is 7.01. The van der Waals surface area contributed by atoms with Crippen LogP contribution in [0.5, 0.6) is 0 Å². The monoisotopic (exact) mass is 669 g/mol. The molecule has 1 atom stereocenters. The molecule has 15 heteroatoms. The third kappa shape index (κ3) is 7.19. The molecule has 248 valence electrons. The Morgan fingerprint density at radius 1 is 1.06 bits per heavy atom. The second-order valence-electron chi connectivity index (χ2n) is 11.7. The average Bonchev–Trinajstić information content (AvgIpc) is 3.63. The Labute approximate surface area is 270 Å². The number of nitrogens with one attached hydrogen (secondary N) is 2. The van der Waals surface area contributed by atoms with Crippen molar-refractivity contribution in [2.24, 2.45) is 0 Å². The summed E-state index contributed by atoms with van der Waals surface area (Å²) in [5.74, 6) is -0.923. The van der Waals surface area contributed by atoms with E-state index in [0.717, 1.165) is 29.5 Å². The highest BCUT2D eigenvalue weighted by Gasteiger charge is 2.37. The molecule has 1 aliphatic carbocycles. The number of nitrogens with zero attached hydrogens (tertiary/aromatic N) is 5. The van der Waals surface area contributed by atoms with Gasteiger partial charge < -0.3 is 25.2 Å². The van der Waals surface area contributed by atoms with Crippen molar-refractivity contribution in [1.29, 1.82) is 0 Å². The Kier molecular flexibility index (Phi) is 9.36. The second-order valence-corrected chi connectivity index (χ2v) is 13.1. The first-order valence-electron chi connectivity index (χ1n) is 15.4. The predicted molar refractivity (Wildman–Crippen MR) is 171 cm³/mol. The van der Waals surface area contributed by atoms with Gasteiger partial charge in [0, 0.05) is 43.4 Å². The summed E-state index contributed by atoms with van der Waals surface area (Å²) in [6.45, 7) is 2.40. The zero-order chi connectivity index (χ0) is 33.3. The molecule has 1 fully saturated rings. The van der Waals surface area contributed by atoms with Crippen LogP contribution in [-0.4, -0.2) is 55.4 Å². The lowest BCUT2D eigenvalue weighted by Crippen LogP contribution is -2.21. The molecule has 1 amide bonds. The molecule has 47 heavy (non-hydrogen) atoms. The molecule has 2 aromatic heterocycles. The summed E-state index contributed by atoms with van der Waals surface area (Å²) in [7, 11) is -0.561. The van der Waals surface area contributed by atoms with Gasteiger partial charge in [-0.25, -0.2) is 4.98 Å². The van der Waals surface area contributed by atoms with Crippen molar-refractivity contribution in [3.05, 3.63) is 77.2 Å². The summed E-state index contributed by atoms with van der Waals surface area (Å²) in [5.41, 5.74) is 2.91. The molecule has 1 aliphatic heterocycles. The Morgan fingerprint density at radius 3 is 2.51 bits per heavy atom. The van der Waals surface area contributed by atoms with Gasteiger partial charge in [-0.15, -0.1) is 0 Å². The maximum atomic E-state index is 14.1. The van der Waals surface area contributed by atoms with Crippen LogP contribution in [0, 0.1) is 0 Å². The smallest absolute Gasteiger partial charge is 0.393 e. The molecule has 3 N–H and O–H groups in total. The number of hydrogen-bond acceptors (Lipinski definition) is 9. The maximum Gasteiger partial charge on any atom is 0.421 e. The maximum absolute atomic E-state index is 14.1. The van der Waals surface area contributed by atoms with E-state index in [-0.39, 0.29) is 48.0 Å². The number of amides is 1. The zero-order valence-electron chi connectivity index (χ0n) is 25.8. The third-order valence-electron chi connectivity index (χ3n) is 8.43. The standard InChI is InChI=1S/C32H35F3N7O4P/c1-3-46-47(45)18-19-4-6-21(7-5-19)38-31-36-15-26(32(33,34)35)29(40-31)39-27-13-12-24(25-17-41(2)30(44)28(25)27)20-14-37-42(16-20)22-8-10-23(43)11-9-22/h4-7,12-16,22-23,43,47H,3,8-11,17-18H2,1-2H3,(H2,36,38,39,40). The fraction of sp³-hybridized carbons (Fsp3) is 0.375. The van der Waals surface area contributed by atoms with E-state index in [1.165, 1.54) is 4.90 Å². The Balaban J connectivity index is 1.28. The third-order valence-corrected chi connectivity index (χ3v) is 9.74. The van der Waals surface area contributed by atoms with Gasteiger partial charge in [-0.3, -0.25) is 14.0 Å². The second kappa shape index (κ2) is 13.5. The molecule has 0 saturated heterocycles. The highest BCUT2D eigenvalue weighted by Crippen LogP contribution is 2.41. The van der Waals surface area contributed by atoms with Gasteiger partial charge >= 0.3 is 6.18 Å². The fourth-order valence-electron chi connectivity index (χ4n) is 6.02. The normalized spacial score (nSPS) is 18.7. The van der Waals surface area contributed by atoms with E-state index in [1.807, 2.05) is 10.9 Å². The molecule has 2 aliphatic rings. The highest BCUT2D eigenvalue weighted by atomic mass is 31.1. The highest BCUT2D eigenvalue weighted by molar-refractivity contribution is 7.38. The molecule has 1 unspecified atom stereocenters. The van der Waals surface area contributed by atoms with Gasteiger partial charge in [0.2, 0.25) is 5.95 Å². The molecular formula is C32H35F3N7O4P. The van der Waals surface area contributed by atoms with Crippen molar-refractivity contribution in [1.82, 2.24) is 24.6 Å². The molecule has 0 bridgehead atoms. The lowest BCUT2D eigenvalue weighted by Gasteiger charge is -2.25. The van der Waals surface area contributed by atoms with Crippen molar-refractivity contribution in [2.75, 3.05) is 24.3 Å². The van der Waals surface area contributed by atoms with E-state index in [2.05, 4.69) is 25.7 Å². The van der Waals surface area contributed by atoms with Crippen molar-refractivity contribution >= 4 is 37.1 Å². The number of halogens is 3. The van der Waals surface area contributed by atoms with Gasteiger partial charge in [0.1, 0.15) is 11.4 Å². The molecule has 0 spiro atoms. The van der Waals surface area contributed by atoms with E-state index >= 15 is 0 Å². The van der Waals surface area contributed by atoms with Crippen LogP contribution in [0.25, 0.3) is 11.1 Å². The van der Waals surface area contributed by atoms with Gasteiger partial charge in [0.25, 0.3) is 5.91 Å². The first-order chi connectivity index (χ1) is 22.5. The van der Waals surface area contributed by atoms with Crippen LogP contribution in [-0.2, 0) is 28.0 Å². The number of benzene rings is 2. The van der Waals surface area contributed by atoms with E-state index in [4.69, 9.17) is 4.52 Å². The van der Waals surface area contributed by atoms with Crippen LogP contribution >= 0.6 is 8.03 Å². The van der Waals surface area contributed by atoms with Crippen molar-refractivity contribution in [2.45, 2.75) is 63.6 Å². The summed E-state index contributed by atoms with van der Waals surface area (Å²) >= 11 is 0. The summed E-state index contributed by atoms with van der Waals surface area (Å²) < 4.78 is 61.3. The van der Waals surface area contributed by atoms with Crippen LogP contribution in [0.2, 0.25) is 0 Å². The van der Waals surface area contributed by atoms with E-state index in [1.54, 1.807) is 56.6 Å². The van der Waals surface area contributed by atoms with Gasteiger partial charge in [-0.1, -0.05) is 18.2 Å². The SMILES string of the molecule is CCO[PH](=O)Cc1ccc(Nc2ncc(C(F)(F)F)c(Nc3ccc(-c4cnn(C5CCC(O)CC5)c4)c4c3C(=O)N(C)C4)n2)cc1. The van der Waals surface area contributed by atoms with Crippen molar-refractivity contribution in [3.8, 4) is 11.1 Å². The number of rotatable bonds is 10. The topological polar surface area (TPSA) is 134 Å². The molecule has 0 radical (unpaired) electrons. The van der Waals surface area contributed by atoms with E-state index < -0.39 is 25.6 Å². The zero-order valence-corrected chi connectivity index (χ0v) is 26.8. The summed E-state index contributed by atoms with van der Waals surface area (Å²) in [6.07, 6.45) is 2.60. The van der Waals surface area contributed by atoms with Gasteiger partial charge in [0.15, 0.2) is 8.03 Å². The largest absolute Gasteiger partial charge is 0.421 e. The molecule has 1 saturated carbocycles. The molecule has 3 heterocycles. The number of fused-ring (bicyclic) bond motifs is 1. The number of aromatic nitrogens is 4. The number of aliphatic hydroxyl groups excluding tert-OH is 1. The number of hydrogen-bond donors (Lipinski definition) is 3. The first kappa shape index (κ1) is 32.7. The van der Waals surface area contributed by atoms with Crippen LogP contribution in [0.1, 0.15) is 65.7 Å². The number of aliphatic hydroxyl groups is 1. The van der Waals surface area contributed by atoms with Crippen molar-refractivity contribution in [3.63, 3.8) is 0 Å². The predicted octanol–water partition coefficient (Wildman–Crippen LogP) is 6.92. The lowest BCUT2D eigenvalue weighted by atomic mass is 9.93. The molecular weight excluding hydrogens is 634 g/mol. The molecule has 11 nitrogen and oxygen atoms in total. The molecule has 4 aromatic rings. The molecule has 6 rings (SSSR count). The summed E-state index contributed by atoms with van der Waals surface area (Å²) in [6, 6.07) is 10.4. The summed E-state index contributed by atoms with van der Waals surface area (Å²) in [5, 5.41) is 20.1. The summed E-state index contributed by atoms with van der Waals surface area (Å²) in [4.78, 5) is 22.9. The van der Waals surface area contributed by atoms with Gasteiger partial charge in [-0.05, 0) is 67.5 Å².